The predicted molar refractivity (Wildman–Crippen MR) is 81.0 cm³/mol. The van der Waals surface area contributed by atoms with E-state index in [0.29, 0.717) is 11.3 Å². The summed E-state index contributed by atoms with van der Waals surface area (Å²) in [5.41, 5.74) is 0.562. The number of carbonyl (C=O) groups is 1. The molecule has 2 nitrogen and oxygen atoms in total. The maximum Gasteiger partial charge on any atom is 0.454 e. The fourth-order valence-electron chi connectivity index (χ4n) is 2.78. The van der Waals surface area contributed by atoms with Gasteiger partial charge >= 0.3 is 6.18 Å². The highest BCUT2D eigenvalue weighted by Gasteiger charge is 2.39. The summed E-state index contributed by atoms with van der Waals surface area (Å²) in [5.74, 6) is -1.24. The van der Waals surface area contributed by atoms with E-state index in [1.807, 2.05) is 6.20 Å². The molecule has 120 valence electrons. The number of hydrogen-bond donors (Lipinski definition) is 0. The summed E-state index contributed by atoms with van der Waals surface area (Å²) < 4.78 is 39.5. The van der Waals surface area contributed by atoms with Crippen LogP contribution in [-0.2, 0) is 6.54 Å². The van der Waals surface area contributed by atoms with E-state index >= 15 is 0 Å². The van der Waals surface area contributed by atoms with Crippen molar-refractivity contribution in [1.82, 2.24) is 4.57 Å². The van der Waals surface area contributed by atoms with Crippen molar-refractivity contribution < 1.29 is 18.0 Å². The number of carbonyl (C=O) groups excluding carboxylic acids is 1. The van der Waals surface area contributed by atoms with Gasteiger partial charge in [-0.2, -0.15) is 13.2 Å². The summed E-state index contributed by atoms with van der Waals surface area (Å²) >= 11 is 0. The van der Waals surface area contributed by atoms with Crippen molar-refractivity contribution in [1.29, 1.82) is 0 Å². The summed E-state index contributed by atoms with van der Waals surface area (Å²) in [7, 11) is 0. The minimum Gasteiger partial charge on any atom is -0.347 e. The van der Waals surface area contributed by atoms with Crippen molar-refractivity contribution >= 4 is 16.7 Å². The molecule has 5 heteroatoms. The van der Waals surface area contributed by atoms with Gasteiger partial charge in [-0.1, -0.05) is 26.7 Å². The molecule has 22 heavy (non-hydrogen) atoms. The second kappa shape index (κ2) is 6.55. The largest absolute Gasteiger partial charge is 0.454 e. The molecule has 0 saturated heterocycles. The molecule has 2 aromatic rings. The summed E-state index contributed by atoms with van der Waals surface area (Å²) in [6.07, 6.45) is 0.358. The van der Waals surface area contributed by atoms with E-state index in [1.54, 1.807) is 12.1 Å². The van der Waals surface area contributed by atoms with Crippen LogP contribution >= 0.6 is 0 Å². The molecular formula is C17H20F3NO. The molecule has 1 unspecified atom stereocenters. The normalized spacial score (nSPS) is 13.5. The lowest BCUT2D eigenvalue weighted by Crippen LogP contribution is -2.22. The lowest BCUT2D eigenvalue weighted by Gasteiger charge is -2.15. The van der Waals surface area contributed by atoms with Crippen LogP contribution in [0.2, 0.25) is 0 Å². The highest BCUT2D eigenvalue weighted by atomic mass is 19.4. The van der Waals surface area contributed by atoms with Crippen molar-refractivity contribution in [3.63, 3.8) is 0 Å². The van der Waals surface area contributed by atoms with Crippen LogP contribution in [0.3, 0.4) is 0 Å². The van der Waals surface area contributed by atoms with Crippen LogP contribution in [0.25, 0.3) is 10.9 Å². The van der Waals surface area contributed by atoms with Crippen molar-refractivity contribution in [2.75, 3.05) is 0 Å². The predicted octanol–water partition coefficient (Wildman–Crippen LogP) is 5.21. The van der Waals surface area contributed by atoms with Crippen LogP contribution in [0.1, 0.15) is 43.5 Å². The van der Waals surface area contributed by atoms with Crippen molar-refractivity contribution in [2.24, 2.45) is 5.92 Å². The average molecular weight is 311 g/mol. The van der Waals surface area contributed by atoms with E-state index < -0.39 is 12.0 Å². The van der Waals surface area contributed by atoms with Crippen molar-refractivity contribution in [2.45, 2.75) is 45.8 Å². The maximum atomic E-state index is 12.5. The van der Waals surface area contributed by atoms with E-state index in [2.05, 4.69) is 18.4 Å². The summed E-state index contributed by atoms with van der Waals surface area (Å²) in [5, 5.41) is 0.668. The number of rotatable bonds is 6. The van der Waals surface area contributed by atoms with Gasteiger partial charge in [-0.15, -0.1) is 0 Å². The first kappa shape index (κ1) is 16.6. The van der Waals surface area contributed by atoms with Crippen LogP contribution in [0, 0.1) is 5.92 Å². The molecular weight excluding hydrogens is 291 g/mol. The first-order valence-corrected chi connectivity index (χ1v) is 7.57. The fraction of sp³-hybridized carbons (Fsp3) is 0.471. The van der Waals surface area contributed by atoms with Gasteiger partial charge in [0.05, 0.1) is 0 Å². The summed E-state index contributed by atoms with van der Waals surface area (Å²) in [6, 6.07) is 5.95. The quantitative estimate of drug-likeness (QED) is 0.671. The standard InChI is InChI=1S/C17H20F3NO/c1-3-5-12(4-2)11-21-9-8-13-10-14(6-7-15(13)21)16(22)17(18,19)20/h6-10,12H,3-5,11H2,1-2H3. The van der Waals surface area contributed by atoms with Crippen LogP contribution < -0.4 is 0 Å². The second-order valence-electron chi connectivity index (χ2n) is 5.63. The number of hydrogen-bond acceptors (Lipinski definition) is 1. The second-order valence-corrected chi connectivity index (χ2v) is 5.63. The van der Waals surface area contributed by atoms with Gasteiger partial charge in [0.1, 0.15) is 0 Å². The van der Waals surface area contributed by atoms with Crippen molar-refractivity contribution in [3.8, 4) is 0 Å². The Balaban J connectivity index is 2.29. The van der Waals surface area contributed by atoms with E-state index in [-0.39, 0.29) is 5.56 Å². The SMILES string of the molecule is CCCC(CC)Cn1ccc2cc(C(=O)C(F)(F)F)ccc21. The molecule has 0 bridgehead atoms. The number of fused-ring (bicyclic) bond motifs is 1. The zero-order valence-electron chi connectivity index (χ0n) is 12.8. The number of halogens is 3. The minimum absolute atomic E-state index is 0.307. The molecule has 1 aromatic heterocycles. The molecule has 0 amide bonds. The van der Waals surface area contributed by atoms with Gasteiger partial charge in [-0.05, 0) is 36.6 Å². The number of ketones is 1. The molecule has 0 spiro atoms. The van der Waals surface area contributed by atoms with Crippen LogP contribution in [0.15, 0.2) is 30.5 Å². The average Bonchev–Trinajstić information content (AvgIpc) is 2.87. The monoisotopic (exact) mass is 311 g/mol. The third-order valence-corrected chi connectivity index (χ3v) is 4.02. The Bertz CT molecular complexity index is 657. The van der Waals surface area contributed by atoms with E-state index in [4.69, 9.17) is 0 Å². The molecule has 1 aromatic carbocycles. The highest BCUT2D eigenvalue weighted by molar-refractivity contribution is 6.02. The minimum atomic E-state index is -4.83. The number of Topliss-reactive ketones (excluding diaryl/α,β-unsaturated/α-hetero) is 1. The number of alkyl halides is 3. The molecule has 0 fully saturated rings. The van der Waals surface area contributed by atoms with Gasteiger partial charge in [-0.25, -0.2) is 0 Å². The Morgan fingerprint density at radius 2 is 1.95 bits per heavy atom. The summed E-state index contributed by atoms with van der Waals surface area (Å²) in [6.45, 7) is 5.14. The molecule has 0 radical (unpaired) electrons. The molecule has 0 aliphatic rings. The van der Waals surface area contributed by atoms with Crippen LogP contribution in [-0.4, -0.2) is 16.5 Å². The topological polar surface area (TPSA) is 22.0 Å². The Labute approximate surface area is 127 Å². The van der Waals surface area contributed by atoms with Gasteiger partial charge in [0.2, 0.25) is 0 Å². The summed E-state index contributed by atoms with van der Waals surface area (Å²) in [4.78, 5) is 11.3. The zero-order chi connectivity index (χ0) is 16.3. The van der Waals surface area contributed by atoms with Gasteiger partial charge < -0.3 is 4.57 Å². The number of aromatic nitrogens is 1. The van der Waals surface area contributed by atoms with Crippen molar-refractivity contribution in [3.05, 3.63) is 36.0 Å². The van der Waals surface area contributed by atoms with E-state index in [0.717, 1.165) is 31.3 Å². The number of nitrogens with zero attached hydrogens (tertiary/aromatic N) is 1. The lowest BCUT2D eigenvalue weighted by atomic mass is 10.0. The maximum absolute atomic E-state index is 12.5. The third kappa shape index (κ3) is 3.51. The highest BCUT2D eigenvalue weighted by Crippen LogP contribution is 2.26. The first-order valence-electron chi connectivity index (χ1n) is 7.57. The van der Waals surface area contributed by atoms with Crippen LogP contribution in [0.5, 0.6) is 0 Å². The van der Waals surface area contributed by atoms with Gasteiger partial charge in [-0.3, -0.25) is 4.79 Å². The Morgan fingerprint density at radius 3 is 2.55 bits per heavy atom. The zero-order valence-corrected chi connectivity index (χ0v) is 12.8. The fourth-order valence-corrected chi connectivity index (χ4v) is 2.78. The Morgan fingerprint density at radius 1 is 1.23 bits per heavy atom. The first-order chi connectivity index (χ1) is 10.4. The van der Waals surface area contributed by atoms with Crippen LogP contribution in [0.4, 0.5) is 13.2 Å². The van der Waals surface area contributed by atoms with Gasteiger partial charge in [0.15, 0.2) is 0 Å². The molecule has 0 aliphatic heterocycles. The van der Waals surface area contributed by atoms with Gasteiger partial charge in [0.25, 0.3) is 5.78 Å². The van der Waals surface area contributed by atoms with Gasteiger partial charge in [0, 0.05) is 29.2 Å². The molecule has 0 saturated carbocycles. The van der Waals surface area contributed by atoms with E-state index in [9.17, 15) is 18.0 Å². The molecule has 0 N–H and O–H groups in total. The van der Waals surface area contributed by atoms with E-state index in [1.165, 1.54) is 12.1 Å². The molecule has 0 aliphatic carbocycles. The Hall–Kier alpha value is -1.78. The molecule has 2 rings (SSSR count). The molecule has 1 atom stereocenters. The lowest BCUT2D eigenvalue weighted by molar-refractivity contribution is -0.0885. The Kier molecular flexibility index (Phi) is 4.94. The smallest absolute Gasteiger partial charge is 0.347 e. The molecule has 1 heterocycles. The number of benzene rings is 1. The third-order valence-electron chi connectivity index (χ3n) is 4.02.